The van der Waals surface area contributed by atoms with Crippen LogP contribution in [0.1, 0.15) is 61.9 Å². The fraction of sp³-hybridized carbons (Fsp3) is 0.350. The molecular weight excluding hydrogens is 391 g/mol. The van der Waals surface area contributed by atoms with E-state index < -0.39 is 35.6 Å². The average Bonchev–Trinajstić information content (AvgIpc) is 2.94. The number of carbonyl (C=O) groups excluding carboxylic acids is 3. The molecule has 0 spiro atoms. The number of nitrogens with one attached hydrogen (secondary N) is 1. The second-order valence-corrected chi connectivity index (χ2v) is 6.34. The van der Waals surface area contributed by atoms with Gasteiger partial charge < -0.3 is 14.5 Å². The summed E-state index contributed by atoms with van der Waals surface area (Å²) in [7, 11) is 0. The molecule has 156 valence electrons. The monoisotopic (exact) mass is 411 g/mol. The maximum absolute atomic E-state index is 12.8. The van der Waals surface area contributed by atoms with Crippen molar-refractivity contribution in [1.82, 2.24) is 4.98 Å². The third kappa shape index (κ3) is 4.85. The molecule has 0 saturated heterocycles. The number of ether oxygens (including phenoxy) is 2. The molecule has 0 bridgehead atoms. The highest BCUT2D eigenvalue weighted by Gasteiger charge is 2.32. The highest BCUT2D eigenvalue weighted by atomic mass is 19.4. The van der Waals surface area contributed by atoms with Gasteiger partial charge >= 0.3 is 18.1 Å². The van der Waals surface area contributed by atoms with Crippen LogP contribution in [0.25, 0.3) is 0 Å². The van der Waals surface area contributed by atoms with Crippen molar-refractivity contribution < 1.29 is 37.0 Å². The van der Waals surface area contributed by atoms with Gasteiger partial charge in [0, 0.05) is 5.69 Å². The quantitative estimate of drug-likeness (QED) is 0.567. The molecule has 2 rings (SSSR count). The van der Waals surface area contributed by atoms with E-state index in [0.29, 0.717) is 17.3 Å². The lowest BCUT2D eigenvalue weighted by molar-refractivity contribution is -0.137. The first kappa shape index (κ1) is 22.2. The first-order chi connectivity index (χ1) is 13.5. The van der Waals surface area contributed by atoms with Gasteiger partial charge in [0.1, 0.15) is 0 Å². The summed E-state index contributed by atoms with van der Waals surface area (Å²) in [5, 5.41) is 0. The molecule has 1 aromatic heterocycles. The summed E-state index contributed by atoms with van der Waals surface area (Å²) in [4.78, 5) is 39.7. The lowest BCUT2D eigenvalue weighted by Crippen LogP contribution is -2.25. The van der Waals surface area contributed by atoms with E-state index in [2.05, 4.69) is 4.98 Å². The number of halogens is 3. The average molecular weight is 411 g/mol. The summed E-state index contributed by atoms with van der Waals surface area (Å²) >= 11 is 0. The zero-order valence-electron chi connectivity index (χ0n) is 16.3. The summed E-state index contributed by atoms with van der Waals surface area (Å²) in [5.74, 6) is -2.28. The number of rotatable bonds is 6. The first-order valence-corrected chi connectivity index (χ1v) is 8.76. The number of benzene rings is 1. The Morgan fingerprint density at radius 2 is 1.79 bits per heavy atom. The van der Waals surface area contributed by atoms with E-state index in [1.165, 1.54) is 6.92 Å². The number of Topliss-reactive ketones (excluding diaryl/α,β-unsaturated/α-hetero) is 1. The Morgan fingerprint density at radius 3 is 2.38 bits per heavy atom. The summed E-state index contributed by atoms with van der Waals surface area (Å²) in [5.41, 5.74) is -0.290. The van der Waals surface area contributed by atoms with Crippen LogP contribution < -0.4 is 0 Å². The largest absolute Gasteiger partial charge is 0.462 e. The fourth-order valence-electron chi connectivity index (χ4n) is 2.81. The number of alkyl halides is 3. The Labute approximate surface area is 165 Å². The topological polar surface area (TPSA) is 85.5 Å². The summed E-state index contributed by atoms with van der Waals surface area (Å²) < 4.78 is 48.4. The number of H-pyrrole nitrogens is 1. The fourth-order valence-corrected chi connectivity index (χ4v) is 2.81. The van der Waals surface area contributed by atoms with E-state index >= 15 is 0 Å². The third-order valence-electron chi connectivity index (χ3n) is 4.24. The maximum Gasteiger partial charge on any atom is 0.416 e. The Hall–Kier alpha value is -3.10. The van der Waals surface area contributed by atoms with Crippen molar-refractivity contribution in [1.29, 1.82) is 0 Å². The molecule has 0 aliphatic carbocycles. The Kier molecular flexibility index (Phi) is 6.51. The van der Waals surface area contributed by atoms with E-state index in [-0.39, 0.29) is 23.4 Å². The van der Waals surface area contributed by atoms with Gasteiger partial charge in [-0.25, -0.2) is 9.59 Å². The minimum absolute atomic E-state index is 0.0647. The van der Waals surface area contributed by atoms with E-state index in [9.17, 15) is 27.6 Å². The van der Waals surface area contributed by atoms with Crippen molar-refractivity contribution in [3.63, 3.8) is 0 Å². The molecule has 1 aromatic carbocycles. The van der Waals surface area contributed by atoms with Crippen LogP contribution >= 0.6 is 0 Å². The van der Waals surface area contributed by atoms with Crippen molar-refractivity contribution in [2.75, 3.05) is 6.61 Å². The molecule has 0 aliphatic heterocycles. The van der Waals surface area contributed by atoms with Gasteiger partial charge in [-0.1, -0.05) is 6.07 Å². The van der Waals surface area contributed by atoms with Crippen molar-refractivity contribution in [2.24, 2.45) is 0 Å². The molecule has 29 heavy (non-hydrogen) atoms. The maximum atomic E-state index is 12.8. The van der Waals surface area contributed by atoms with E-state index in [1.807, 2.05) is 0 Å². The van der Waals surface area contributed by atoms with Crippen LogP contribution in [0.2, 0.25) is 0 Å². The highest BCUT2D eigenvalue weighted by molar-refractivity contribution is 6.04. The summed E-state index contributed by atoms with van der Waals surface area (Å²) in [6.07, 6.45) is -5.90. The predicted molar refractivity (Wildman–Crippen MR) is 96.9 cm³/mol. The highest BCUT2D eigenvalue weighted by Crippen LogP contribution is 2.30. The Balaban J connectivity index is 2.21. The van der Waals surface area contributed by atoms with Gasteiger partial charge in [-0.15, -0.1) is 0 Å². The van der Waals surface area contributed by atoms with Gasteiger partial charge in [0.25, 0.3) is 0 Å². The van der Waals surface area contributed by atoms with Crippen LogP contribution in [-0.2, 0) is 15.7 Å². The van der Waals surface area contributed by atoms with E-state index in [4.69, 9.17) is 9.47 Å². The van der Waals surface area contributed by atoms with Crippen molar-refractivity contribution in [3.05, 3.63) is 57.9 Å². The molecule has 9 heteroatoms. The molecule has 0 unspecified atom stereocenters. The smallest absolute Gasteiger partial charge is 0.416 e. The number of hydrogen-bond donors (Lipinski definition) is 1. The van der Waals surface area contributed by atoms with Crippen LogP contribution in [0.4, 0.5) is 13.2 Å². The minimum Gasteiger partial charge on any atom is -0.462 e. The third-order valence-corrected chi connectivity index (χ3v) is 4.24. The van der Waals surface area contributed by atoms with Gasteiger partial charge in [-0.05, 0) is 51.5 Å². The normalized spacial score (nSPS) is 12.4. The molecule has 2 aromatic rings. The lowest BCUT2D eigenvalue weighted by Gasteiger charge is -2.13. The van der Waals surface area contributed by atoms with E-state index in [0.717, 1.165) is 18.2 Å². The zero-order valence-corrected chi connectivity index (χ0v) is 16.3. The minimum atomic E-state index is -4.61. The second-order valence-electron chi connectivity index (χ2n) is 6.34. The molecule has 1 N–H and O–H groups in total. The molecule has 6 nitrogen and oxygen atoms in total. The number of aryl methyl sites for hydroxylation is 1. The van der Waals surface area contributed by atoms with Crippen LogP contribution in [0.5, 0.6) is 0 Å². The summed E-state index contributed by atoms with van der Waals surface area (Å²) in [6, 6.07) is 3.73. The number of carbonyl (C=O) groups is 3. The molecule has 1 heterocycles. The van der Waals surface area contributed by atoms with Crippen molar-refractivity contribution >= 4 is 17.7 Å². The first-order valence-electron chi connectivity index (χ1n) is 8.76. The second kappa shape index (κ2) is 8.50. The summed E-state index contributed by atoms with van der Waals surface area (Å²) in [6.45, 7) is 6.25. The van der Waals surface area contributed by atoms with Crippen molar-refractivity contribution in [2.45, 2.75) is 40.0 Å². The zero-order chi connectivity index (χ0) is 21.9. The van der Waals surface area contributed by atoms with Crippen LogP contribution in [-0.4, -0.2) is 35.4 Å². The number of hydrogen-bond acceptors (Lipinski definition) is 5. The van der Waals surface area contributed by atoms with E-state index in [1.54, 1.807) is 20.8 Å². The molecule has 1 atom stereocenters. The Bertz CT molecular complexity index is 946. The molecule has 0 amide bonds. The van der Waals surface area contributed by atoms with Crippen molar-refractivity contribution in [3.8, 4) is 0 Å². The molecule has 0 saturated carbocycles. The van der Waals surface area contributed by atoms with Gasteiger partial charge in [0.15, 0.2) is 6.10 Å². The predicted octanol–water partition coefficient (Wildman–Crippen LogP) is 4.26. The number of aromatic amines is 1. The van der Waals surface area contributed by atoms with Crippen LogP contribution in [0.3, 0.4) is 0 Å². The van der Waals surface area contributed by atoms with Gasteiger partial charge in [0.05, 0.1) is 29.0 Å². The van der Waals surface area contributed by atoms with Crippen LogP contribution in [0, 0.1) is 13.8 Å². The van der Waals surface area contributed by atoms with Gasteiger partial charge in [-0.2, -0.15) is 13.2 Å². The SMILES string of the molecule is CCOC(=O)c1c(C)[nH]c(C(=O)[C@@H](C)OC(=O)c2cccc(C(F)(F)F)c2)c1C. The molecule has 0 radical (unpaired) electrons. The Morgan fingerprint density at radius 1 is 1.14 bits per heavy atom. The lowest BCUT2D eigenvalue weighted by atomic mass is 10.1. The number of aromatic nitrogens is 1. The molecular formula is C20H20F3NO5. The van der Waals surface area contributed by atoms with Crippen LogP contribution in [0.15, 0.2) is 24.3 Å². The molecule has 0 fully saturated rings. The molecule has 0 aliphatic rings. The number of esters is 2. The van der Waals surface area contributed by atoms with Gasteiger partial charge in [0.2, 0.25) is 5.78 Å². The number of ketones is 1. The van der Waals surface area contributed by atoms with Gasteiger partial charge in [-0.3, -0.25) is 4.79 Å². The standard InChI is InChI=1S/C20H20F3NO5/c1-5-28-19(27)15-10(2)16(24-11(15)3)17(25)12(4)29-18(26)13-7-6-8-14(9-13)20(21,22)23/h6-9,12,24H,5H2,1-4H3/t12-/m1/s1.